The van der Waals surface area contributed by atoms with Crippen LogP contribution in [0.3, 0.4) is 0 Å². The Bertz CT molecular complexity index is 363. The van der Waals surface area contributed by atoms with E-state index in [-0.39, 0.29) is 11.1 Å². The molecule has 1 aromatic carbocycles. The molecule has 0 fully saturated rings. The first-order chi connectivity index (χ1) is 7.08. The zero-order chi connectivity index (χ0) is 11.4. The highest BCUT2D eigenvalue weighted by atomic mass is 16.5. The van der Waals surface area contributed by atoms with Crippen LogP contribution in [0.5, 0.6) is 5.75 Å². The number of benzene rings is 1. The molecule has 0 bridgehead atoms. The SMILES string of the molecule is COC(=O)c1cc([O-])cc(C(=O)OC)c1. The summed E-state index contributed by atoms with van der Waals surface area (Å²) in [5.41, 5.74) is 0.0656. The van der Waals surface area contributed by atoms with Gasteiger partial charge in [-0.3, -0.25) is 0 Å². The smallest absolute Gasteiger partial charge is 0.337 e. The zero-order valence-electron chi connectivity index (χ0n) is 8.27. The van der Waals surface area contributed by atoms with Crippen LogP contribution in [0.25, 0.3) is 0 Å². The number of carbonyl (C=O) groups is 2. The Kier molecular flexibility index (Phi) is 3.28. The predicted molar refractivity (Wildman–Crippen MR) is 48.6 cm³/mol. The highest BCUT2D eigenvalue weighted by Crippen LogP contribution is 2.14. The van der Waals surface area contributed by atoms with Gasteiger partial charge in [-0.15, -0.1) is 5.75 Å². The van der Waals surface area contributed by atoms with Crippen LogP contribution in [-0.2, 0) is 9.47 Å². The number of rotatable bonds is 2. The molecule has 0 saturated heterocycles. The van der Waals surface area contributed by atoms with Gasteiger partial charge in [0.15, 0.2) is 0 Å². The molecule has 80 valence electrons. The topological polar surface area (TPSA) is 75.7 Å². The van der Waals surface area contributed by atoms with Crippen molar-refractivity contribution < 1.29 is 24.2 Å². The fourth-order valence-electron chi connectivity index (χ4n) is 1.07. The summed E-state index contributed by atoms with van der Waals surface area (Å²) in [4.78, 5) is 22.2. The van der Waals surface area contributed by atoms with E-state index >= 15 is 0 Å². The van der Waals surface area contributed by atoms with Gasteiger partial charge in [-0.2, -0.15) is 0 Å². The normalized spacial score (nSPS) is 9.47. The van der Waals surface area contributed by atoms with Gasteiger partial charge >= 0.3 is 11.9 Å². The van der Waals surface area contributed by atoms with Crippen molar-refractivity contribution in [2.45, 2.75) is 0 Å². The number of ether oxygens (including phenoxy) is 2. The average molecular weight is 209 g/mol. The molecule has 0 saturated carbocycles. The van der Waals surface area contributed by atoms with E-state index in [4.69, 9.17) is 0 Å². The monoisotopic (exact) mass is 209 g/mol. The Labute approximate surface area is 86.2 Å². The van der Waals surface area contributed by atoms with Crippen molar-refractivity contribution in [1.29, 1.82) is 0 Å². The van der Waals surface area contributed by atoms with E-state index in [1.807, 2.05) is 0 Å². The van der Waals surface area contributed by atoms with Crippen molar-refractivity contribution in [2.75, 3.05) is 14.2 Å². The third-order valence-corrected chi connectivity index (χ3v) is 1.75. The molecule has 0 amide bonds. The lowest BCUT2D eigenvalue weighted by atomic mass is 10.1. The van der Waals surface area contributed by atoms with E-state index < -0.39 is 17.7 Å². The molecule has 0 atom stereocenters. The van der Waals surface area contributed by atoms with Gasteiger partial charge in [-0.05, 0) is 6.07 Å². The maximum absolute atomic E-state index is 11.1. The van der Waals surface area contributed by atoms with Crippen LogP contribution in [0.15, 0.2) is 18.2 Å². The first-order valence-electron chi connectivity index (χ1n) is 4.07. The summed E-state index contributed by atoms with van der Waals surface area (Å²) in [5.74, 6) is -1.78. The number of hydrogen-bond donors (Lipinski definition) is 0. The van der Waals surface area contributed by atoms with Crippen LogP contribution in [-0.4, -0.2) is 26.2 Å². The first-order valence-corrected chi connectivity index (χ1v) is 4.07. The predicted octanol–water partition coefficient (Wildman–Crippen LogP) is 0.333. The van der Waals surface area contributed by atoms with E-state index in [1.54, 1.807) is 0 Å². The van der Waals surface area contributed by atoms with Gasteiger partial charge in [-0.1, -0.05) is 12.1 Å². The maximum Gasteiger partial charge on any atom is 0.337 e. The molecule has 0 aliphatic heterocycles. The van der Waals surface area contributed by atoms with Crippen molar-refractivity contribution in [1.82, 2.24) is 0 Å². The Balaban J connectivity index is 3.16. The van der Waals surface area contributed by atoms with E-state index in [2.05, 4.69) is 9.47 Å². The van der Waals surface area contributed by atoms with Gasteiger partial charge in [0.2, 0.25) is 0 Å². The summed E-state index contributed by atoms with van der Waals surface area (Å²) in [6, 6.07) is 3.44. The van der Waals surface area contributed by atoms with Gasteiger partial charge < -0.3 is 14.6 Å². The van der Waals surface area contributed by atoms with Crippen molar-refractivity contribution in [3.63, 3.8) is 0 Å². The average Bonchev–Trinajstić information content (AvgIpc) is 2.26. The minimum atomic E-state index is -0.669. The Morgan fingerprint density at radius 2 is 1.40 bits per heavy atom. The van der Waals surface area contributed by atoms with Crippen LogP contribution in [0, 0.1) is 0 Å². The summed E-state index contributed by atoms with van der Waals surface area (Å²) in [6.45, 7) is 0. The van der Waals surface area contributed by atoms with Crippen molar-refractivity contribution >= 4 is 11.9 Å². The molecule has 0 heterocycles. The van der Waals surface area contributed by atoms with Crippen molar-refractivity contribution in [3.05, 3.63) is 29.3 Å². The van der Waals surface area contributed by atoms with E-state index in [0.717, 1.165) is 12.1 Å². The molecule has 0 aromatic heterocycles. The highest BCUT2D eigenvalue weighted by Gasteiger charge is 2.10. The van der Waals surface area contributed by atoms with E-state index in [9.17, 15) is 14.7 Å². The second-order valence-corrected chi connectivity index (χ2v) is 2.73. The molecule has 0 N–H and O–H groups in total. The largest absolute Gasteiger partial charge is 0.872 e. The molecule has 0 spiro atoms. The van der Waals surface area contributed by atoms with Crippen LogP contribution in [0.1, 0.15) is 20.7 Å². The molecule has 0 aliphatic rings. The molecular weight excluding hydrogens is 200 g/mol. The van der Waals surface area contributed by atoms with Gasteiger partial charge in [-0.25, -0.2) is 9.59 Å². The first kappa shape index (κ1) is 11.0. The van der Waals surface area contributed by atoms with Crippen LogP contribution in [0.4, 0.5) is 0 Å². The van der Waals surface area contributed by atoms with Gasteiger partial charge in [0, 0.05) is 0 Å². The van der Waals surface area contributed by atoms with Gasteiger partial charge in [0.1, 0.15) is 0 Å². The summed E-state index contributed by atoms with van der Waals surface area (Å²) < 4.78 is 8.86. The molecule has 1 rings (SSSR count). The standard InChI is InChI=1S/C10H10O5/c1-14-9(12)6-3-7(10(13)15-2)5-8(11)4-6/h3-5,11H,1-2H3/p-1. The highest BCUT2D eigenvalue weighted by molar-refractivity contribution is 5.95. The Morgan fingerprint density at radius 1 is 1.00 bits per heavy atom. The molecule has 5 nitrogen and oxygen atoms in total. The fraction of sp³-hybridized carbons (Fsp3) is 0.200. The second kappa shape index (κ2) is 4.45. The Hall–Kier alpha value is -2.04. The van der Waals surface area contributed by atoms with Gasteiger partial charge in [0.25, 0.3) is 0 Å². The minimum absolute atomic E-state index is 0.0328. The van der Waals surface area contributed by atoms with Crippen molar-refractivity contribution in [3.8, 4) is 5.75 Å². The number of esters is 2. The quantitative estimate of drug-likeness (QED) is 0.656. The third-order valence-electron chi connectivity index (χ3n) is 1.75. The van der Waals surface area contributed by atoms with Crippen LogP contribution in [0.2, 0.25) is 0 Å². The lowest BCUT2D eigenvalue weighted by Gasteiger charge is -2.09. The van der Waals surface area contributed by atoms with E-state index in [1.165, 1.54) is 20.3 Å². The van der Waals surface area contributed by atoms with Gasteiger partial charge in [0.05, 0.1) is 25.3 Å². The van der Waals surface area contributed by atoms with Crippen LogP contribution < -0.4 is 5.11 Å². The fourth-order valence-corrected chi connectivity index (χ4v) is 1.07. The third kappa shape index (κ3) is 2.46. The van der Waals surface area contributed by atoms with E-state index in [0.29, 0.717) is 0 Å². The maximum atomic E-state index is 11.1. The number of carbonyl (C=O) groups excluding carboxylic acids is 2. The van der Waals surface area contributed by atoms with Crippen LogP contribution >= 0.6 is 0 Å². The summed E-state index contributed by atoms with van der Waals surface area (Å²) in [7, 11) is 2.38. The molecule has 5 heteroatoms. The molecule has 1 aromatic rings. The summed E-state index contributed by atoms with van der Waals surface area (Å²) in [6.07, 6.45) is 0. The lowest BCUT2D eigenvalue weighted by Crippen LogP contribution is -2.08. The lowest BCUT2D eigenvalue weighted by molar-refractivity contribution is -0.268. The molecule has 15 heavy (non-hydrogen) atoms. The molecule has 0 radical (unpaired) electrons. The minimum Gasteiger partial charge on any atom is -0.872 e. The zero-order valence-corrected chi connectivity index (χ0v) is 8.27. The number of methoxy groups -OCH3 is 2. The molecule has 0 aliphatic carbocycles. The second-order valence-electron chi connectivity index (χ2n) is 2.73. The molecular formula is C10H9O5-. The molecule has 0 unspecified atom stereocenters. The summed E-state index contributed by atoms with van der Waals surface area (Å²) in [5, 5.41) is 11.1. The number of hydrogen-bond acceptors (Lipinski definition) is 5. The Morgan fingerprint density at radius 3 is 1.73 bits per heavy atom. The van der Waals surface area contributed by atoms with Crippen molar-refractivity contribution in [2.24, 2.45) is 0 Å². The summed E-state index contributed by atoms with van der Waals surface area (Å²) >= 11 is 0.